The Hall–Kier alpha value is -0.640. The first-order valence-corrected chi connectivity index (χ1v) is 4.34. The van der Waals surface area contributed by atoms with Gasteiger partial charge in [0.05, 0.1) is 0 Å². The molecule has 0 bridgehead atoms. The SMILES string of the molecule is CCN1CCC(NC(=O)CF)C1. The van der Waals surface area contributed by atoms with E-state index in [0.717, 1.165) is 26.1 Å². The quantitative estimate of drug-likeness (QED) is 0.661. The van der Waals surface area contributed by atoms with Gasteiger partial charge in [0.25, 0.3) is 5.91 Å². The van der Waals surface area contributed by atoms with Crippen molar-refractivity contribution < 1.29 is 9.18 Å². The average molecular weight is 174 g/mol. The number of alkyl halides is 1. The van der Waals surface area contributed by atoms with Crippen LogP contribution >= 0.6 is 0 Å². The monoisotopic (exact) mass is 174 g/mol. The van der Waals surface area contributed by atoms with Crippen molar-refractivity contribution in [3.8, 4) is 0 Å². The Bertz CT molecular complexity index is 163. The first-order valence-electron chi connectivity index (χ1n) is 4.34. The van der Waals surface area contributed by atoms with E-state index in [-0.39, 0.29) is 6.04 Å². The molecule has 0 aliphatic carbocycles. The normalized spacial score (nSPS) is 24.3. The van der Waals surface area contributed by atoms with Gasteiger partial charge in [0.1, 0.15) is 0 Å². The lowest BCUT2D eigenvalue weighted by atomic mass is 10.2. The van der Waals surface area contributed by atoms with Gasteiger partial charge >= 0.3 is 0 Å². The first kappa shape index (κ1) is 9.45. The third kappa shape index (κ3) is 2.44. The Balaban J connectivity index is 2.23. The molecule has 1 atom stereocenters. The summed E-state index contributed by atoms with van der Waals surface area (Å²) in [5.41, 5.74) is 0. The van der Waals surface area contributed by atoms with Gasteiger partial charge < -0.3 is 10.2 Å². The third-order valence-corrected chi connectivity index (χ3v) is 2.21. The smallest absolute Gasteiger partial charge is 0.251 e. The van der Waals surface area contributed by atoms with Crippen molar-refractivity contribution in [3.63, 3.8) is 0 Å². The summed E-state index contributed by atoms with van der Waals surface area (Å²) in [5.74, 6) is -0.488. The zero-order valence-corrected chi connectivity index (χ0v) is 7.35. The highest BCUT2D eigenvalue weighted by atomic mass is 19.1. The molecule has 1 fully saturated rings. The summed E-state index contributed by atoms with van der Waals surface area (Å²) in [6.45, 7) is 4.06. The van der Waals surface area contributed by atoms with E-state index in [2.05, 4.69) is 17.1 Å². The molecule has 3 nitrogen and oxygen atoms in total. The van der Waals surface area contributed by atoms with Crippen molar-refractivity contribution in [2.24, 2.45) is 0 Å². The fraction of sp³-hybridized carbons (Fsp3) is 0.875. The molecular weight excluding hydrogens is 159 g/mol. The predicted octanol–water partition coefficient (Wildman–Crippen LogP) is 0.166. The minimum atomic E-state index is -0.900. The van der Waals surface area contributed by atoms with Gasteiger partial charge in [-0.15, -0.1) is 0 Å². The molecule has 1 saturated heterocycles. The molecule has 0 spiro atoms. The number of rotatable bonds is 3. The molecule has 1 unspecified atom stereocenters. The molecule has 0 aromatic rings. The molecule has 4 heteroatoms. The van der Waals surface area contributed by atoms with Gasteiger partial charge in [-0.05, 0) is 13.0 Å². The van der Waals surface area contributed by atoms with Crippen molar-refractivity contribution in [2.75, 3.05) is 26.3 Å². The van der Waals surface area contributed by atoms with Gasteiger partial charge in [0.15, 0.2) is 6.67 Å². The van der Waals surface area contributed by atoms with E-state index in [1.807, 2.05) is 0 Å². The van der Waals surface area contributed by atoms with E-state index in [9.17, 15) is 9.18 Å². The number of likely N-dealkylation sites (tertiary alicyclic amines) is 1. The van der Waals surface area contributed by atoms with Gasteiger partial charge in [0, 0.05) is 19.1 Å². The van der Waals surface area contributed by atoms with Gasteiger partial charge in [-0.25, -0.2) is 4.39 Å². The van der Waals surface area contributed by atoms with Crippen molar-refractivity contribution in [3.05, 3.63) is 0 Å². The lowest BCUT2D eigenvalue weighted by molar-refractivity contribution is -0.122. The molecule has 0 aromatic heterocycles. The highest BCUT2D eigenvalue weighted by Crippen LogP contribution is 2.07. The average Bonchev–Trinajstić information content (AvgIpc) is 2.52. The fourth-order valence-corrected chi connectivity index (χ4v) is 1.50. The van der Waals surface area contributed by atoms with Gasteiger partial charge in [-0.3, -0.25) is 4.79 Å². The van der Waals surface area contributed by atoms with Crippen LogP contribution < -0.4 is 5.32 Å². The number of carbonyl (C=O) groups excluding carboxylic acids is 1. The number of amides is 1. The topological polar surface area (TPSA) is 32.3 Å². The maximum absolute atomic E-state index is 11.8. The summed E-state index contributed by atoms with van der Waals surface area (Å²) >= 11 is 0. The van der Waals surface area contributed by atoms with Crippen molar-refractivity contribution in [1.82, 2.24) is 10.2 Å². The molecule has 0 radical (unpaired) electrons. The van der Waals surface area contributed by atoms with Gasteiger partial charge in [0.2, 0.25) is 0 Å². The maximum Gasteiger partial charge on any atom is 0.251 e. The fourth-order valence-electron chi connectivity index (χ4n) is 1.50. The number of carbonyl (C=O) groups is 1. The lowest BCUT2D eigenvalue weighted by Gasteiger charge is -2.13. The van der Waals surface area contributed by atoms with Crippen LogP contribution in [0.1, 0.15) is 13.3 Å². The molecule has 12 heavy (non-hydrogen) atoms. The molecule has 1 amide bonds. The number of hydrogen-bond acceptors (Lipinski definition) is 2. The minimum absolute atomic E-state index is 0.160. The summed E-state index contributed by atoms with van der Waals surface area (Å²) in [6, 6.07) is 0.160. The van der Waals surface area contributed by atoms with Gasteiger partial charge in [-0.1, -0.05) is 6.92 Å². The van der Waals surface area contributed by atoms with Gasteiger partial charge in [-0.2, -0.15) is 0 Å². The van der Waals surface area contributed by atoms with Crippen LogP contribution in [-0.2, 0) is 4.79 Å². The third-order valence-electron chi connectivity index (χ3n) is 2.21. The Morgan fingerprint density at radius 2 is 2.50 bits per heavy atom. The summed E-state index contributed by atoms with van der Waals surface area (Å²) in [6.07, 6.45) is 0.944. The molecular formula is C8H15FN2O. The van der Waals surface area contributed by atoms with Crippen molar-refractivity contribution in [1.29, 1.82) is 0 Å². The molecule has 1 aliphatic heterocycles. The van der Waals surface area contributed by atoms with E-state index in [1.165, 1.54) is 0 Å². The van der Waals surface area contributed by atoms with Crippen LogP contribution in [0, 0.1) is 0 Å². The van der Waals surface area contributed by atoms with E-state index < -0.39 is 12.6 Å². The second-order valence-electron chi connectivity index (χ2n) is 3.08. The van der Waals surface area contributed by atoms with E-state index in [0.29, 0.717) is 0 Å². The summed E-state index contributed by atoms with van der Waals surface area (Å²) in [7, 11) is 0. The number of hydrogen-bond donors (Lipinski definition) is 1. The summed E-state index contributed by atoms with van der Waals surface area (Å²) in [5, 5.41) is 2.64. The second-order valence-corrected chi connectivity index (χ2v) is 3.08. The minimum Gasteiger partial charge on any atom is -0.350 e. The Labute approximate surface area is 71.9 Å². The number of likely N-dealkylation sites (N-methyl/N-ethyl adjacent to an activating group) is 1. The number of halogens is 1. The zero-order chi connectivity index (χ0) is 8.97. The van der Waals surface area contributed by atoms with E-state index >= 15 is 0 Å². The van der Waals surface area contributed by atoms with Crippen LogP contribution in [0.25, 0.3) is 0 Å². The van der Waals surface area contributed by atoms with E-state index in [4.69, 9.17) is 0 Å². The van der Waals surface area contributed by atoms with Crippen LogP contribution in [-0.4, -0.2) is 43.2 Å². The Morgan fingerprint density at radius 1 is 1.75 bits per heavy atom. The molecule has 0 aromatic carbocycles. The molecule has 0 saturated carbocycles. The lowest BCUT2D eigenvalue weighted by Crippen LogP contribution is -2.37. The number of nitrogens with one attached hydrogen (secondary N) is 1. The first-order chi connectivity index (χ1) is 5.76. The molecule has 1 aliphatic rings. The highest BCUT2D eigenvalue weighted by Gasteiger charge is 2.21. The standard InChI is InChI=1S/C8H15FN2O/c1-2-11-4-3-7(6-11)10-8(12)5-9/h7H,2-6H2,1H3,(H,10,12). The molecule has 1 N–H and O–H groups in total. The Kier molecular flexibility index (Phi) is 3.47. The van der Waals surface area contributed by atoms with Crippen LogP contribution in [0.3, 0.4) is 0 Å². The van der Waals surface area contributed by atoms with Crippen molar-refractivity contribution in [2.45, 2.75) is 19.4 Å². The maximum atomic E-state index is 11.8. The van der Waals surface area contributed by atoms with Crippen LogP contribution in [0.15, 0.2) is 0 Å². The van der Waals surface area contributed by atoms with Crippen LogP contribution in [0.4, 0.5) is 4.39 Å². The predicted molar refractivity (Wildman–Crippen MR) is 44.6 cm³/mol. The largest absolute Gasteiger partial charge is 0.350 e. The zero-order valence-electron chi connectivity index (χ0n) is 7.35. The molecule has 1 rings (SSSR count). The highest BCUT2D eigenvalue weighted by molar-refractivity contribution is 5.77. The Morgan fingerprint density at radius 3 is 3.00 bits per heavy atom. The number of nitrogens with zero attached hydrogens (tertiary/aromatic N) is 1. The van der Waals surface area contributed by atoms with Crippen molar-refractivity contribution >= 4 is 5.91 Å². The summed E-state index contributed by atoms with van der Waals surface area (Å²) in [4.78, 5) is 12.9. The molecule has 70 valence electrons. The molecule has 1 heterocycles. The van der Waals surface area contributed by atoms with Crippen LogP contribution in [0.2, 0.25) is 0 Å². The summed E-state index contributed by atoms with van der Waals surface area (Å²) < 4.78 is 11.8. The van der Waals surface area contributed by atoms with Crippen LogP contribution in [0.5, 0.6) is 0 Å². The van der Waals surface area contributed by atoms with E-state index in [1.54, 1.807) is 0 Å². The second kappa shape index (κ2) is 4.40.